The molecule has 1 aliphatic rings. The Morgan fingerprint density at radius 3 is 2.45 bits per heavy atom. The van der Waals surface area contributed by atoms with Crippen LogP contribution in [0.25, 0.3) is 0 Å². The molecule has 0 aromatic heterocycles. The minimum atomic E-state index is -3.58. The fraction of sp³-hybridized carbons (Fsp3) is 0.409. The number of para-hydroxylation sites is 1. The molecule has 1 amide bonds. The van der Waals surface area contributed by atoms with Crippen LogP contribution in [0.2, 0.25) is 0 Å². The van der Waals surface area contributed by atoms with Gasteiger partial charge < -0.3 is 9.64 Å². The smallest absolute Gasteiger partial charge is 0.254 e. The number of rotatable bonds is 6. The van der Waals surface area contributed by atoms with Crippen LogP contribution in [0, 0.1) is 0 Å². The lowest BCUT2D eigenvalue weighted by atomic mass is 10.0. The van der Waals surface area contributed by atoms with Crippen molar-refractivity contribution >= 4 is 15.9 Å². The summed E-state index contributed by atoms with van der Waals surface area (Å²) in [6.45, 7) is 2.99. The minimum absolute atomic E-state index is 0.170. The molecule has 1 aliphatic heterocycles. The number of ether oxygens (including phenoxy) is 1. The highest BCUT2D eigenvalue weighted by Gasteiger charge is 2.27. The summed E-state index contributed by atoms with van der Waals surface area (Å²) in [7, 11) is -0.271. The standard InChI is InChI=1S/C22H28N2O4S/c1-17(20-12-5-6-13-21(20)28-3)23(2)22(25)18-10-9-11-19(16-18)29(26,27)24-14-7-4-8-15-24/h5-6,9-13,16-17H,4,7-8,14-15H2,1-3H3. The SMILES string of the molecule is COc1ccccc1C(C)N(C)C(=O)c1cccc(S(=O)(=O)N2CCCCC2)c1. The highest BCUT2D eigenvalue weighted by molar-refractivity contribution is 7.89. The van der Waals surface area contributed by atoms with Crippen molar-refractivity contribution in [3.05, 3.63) is 59.7 Å². The van der Waals surface area contributed by atoms with Crippen LogP contribution < -0.4 is 4.74 Å². The second-order valence-corrected chi connectivity index (χ2v) is 9.26. The summed E-state index contributed by atoms with van der Waals surface area (Å²) in [6, 6.07) is 13.7. The molecule has 1 unspecified atom stereocenters. The molecular formula is C22H28N2O4S. The first-order valence-corrected chi connectivity index (χ1v) is 11.3. The summed E-state index contributed by atoms with van der Waals surface area (Å²) >= 11 is 0. The lowest BCUT2D eigenvalue weighted by Crippen LogP contribution is -2.35. The fourth-order valence-electron chi connectivity index (χ4n) is 3.64. The van der Waals surface area contributed by atoms with Gasteiger partial charge in [0, 0.05) is 31.3 Å². The molecule has 2 aromatic rings. The number of methoxy groups -OCH3 is 1. The number of benzene rings is 2. The third-order valence-electron chi connectivity index (χ3n) is 5.52. The van der Waals surface area contributed by atoms with Crippen molar-refractivity contribution < 1.29 is 17.9 Å². The molecule has 1 saturated heterocycles. The van der Waals surface area contributed by atoms with Crippen molar-refractivity contribution in [2.45, 2.75) is 37.1 Å². The molecule has 7 heteroatoms. The molecule has 3 rings (SSSR count). The van der Waals surface area contributed by atoms with Gasteiger partial charge in [-0.2, -0.15) is 4.31 Å². The number of nitrogens with zero attached hydrogens (tertiary/aromatic N) is 2. The maximum absolute atomic E-state index is 13.1. The number of carbonyl (C=O) groups excluding carboxylic acids is 1. The number of sulfonamides is 1. The molecule has 1 heterocycles. The third kappa shape index (κ3) is 4.46. The molecule has 0 N–H and O–H groups in total. The van der Waals surface area contributed by atoms with Gasteiger partial charge in [-0.05, 0) is 44.0 Å². The second kappa shape index (κ2) is 8.97. The molecule has 0 aliphatic carbocycles. The molecule has 0 bridgehead atoms. The Hall–Kier alpha value is -2.38. The number of hydrogen-bond acceptors (Lipinski definition) is 4. The Kier molecular flexibility index (Phi) is 6.59. The van der Waals surface area contributed by atoms with Crippen molar-refractivity contribution in [3.8, 4) is 5.75 Å². The summed E-state index contributed by atoms with van der Waals surface area (Å²) in [5.41, 5.74) is 1.25. The Balaban J connectivity index is 1.85. The second-order valence-electron chi connectivity index (χ2n) is 7.33. The van der Waals surface area contributed by atoms with E-state index in [1.807, 2.05) is 31.2 Å². The van der Waals surface area contributed by atoms with Gasteiger partial charge in [0.2, 0.25) is 10.0 Å². The van der Waals surface area contributed by atoms with E-state index in [1.165, 1.54) is 10.4 Å². The summed E-state index contributed by atoms with van der Waals surface area (Å²) < 4.78 is 32.8. The molecule has 29 heavy (non-hydrogen) atoms. The molecule has 1 atom stereocenters. The van der Waals surface area contributed by atoms with E-state index < -0.39 is 10.0 Å². The average Bonchev–Trinajstić information content (AvgIpc) is 2.78. The van der Waals surface area contributed by atoms with Gasteiger partial charge >= 0.3 is 0 Å². The lowest BCUT2D eigenvalue weighted by Gasteiger charge is -2.27. The zero-order chi connectivity index (χ0) is 21.0. The molecule has 156 valence electrons. The van der Waals surface area contributed by atoms with Gasteiger partial charge in [0.1, 0.15) is 5.75 Å². The van der Waals surface area contributed by atoms with Gasteiger partial charge in [-0.3, -0.25) is 4.79 Å². The Morgan fingerprint density at radius 1 is 1.07 bits per heavy atom. The highest BCUT2D eigenvalue weighted by atomic mass is 32.2. The summed E-state index contributed by atoms with van der Waals surface area (Å²) in [5, 5.41) is 0. The molecule has 0 radical (unpaired) electrons. The largest absolute Gasteiger partial charge is 0.496 e. The van der Waals surface area contributed by atoms with Gasteiger partial charge in [-0.15, -0.1) is 0 Å². The van der Waals surface area contributed by atoms with E-state index in [0.29, 0.717) is 24.4 Å². The maximum Gasteiger partial charge on any atom is 0.254 e. The number of hydrogen-bond donors (Lipinski definition) is 0. The first-order chi connectivity index (χ1) is 13.9. The Labute approximate surface area is 173 Å². The van der Waals surface area contributed by atoms with Crippen molar-refractivity contribution in [2.24, 2.45) is 0 Å². The predicted octanol–water partition coefficient (Wildman–Crippen LogP) is 3.70. The fourth-order valence-corrected chi connectivity index (χ4v) is 5.21. The lowest BCUT2D eigenvalue weighted by molar-refractivity contribution is 0.0741. The molecule has 1 fully saturated rings. The average molecular weight is 417 g/mol. The van der Waals surface area contributed by atoms with E-state index in [4.69, 9.17) is 4.74 Å². The van der Waals surface area contributed by atoms with Crippen molar-refractivity contribution in [1.29, 1.82) is 0 Å². The van der Waals surface area contributed by atoms with Gasteiger partial charge in [0.25, 0.3) is 5.91 Å². The van der Waals surface area contributed by atoms with Crippen molar-refractivity contribution in [1.82, 2.24) is 9.21 Å². The van der Waals surface area contributed by atoms with Crippen LogP contribution in [0.15, 0.2) is 53.4 Å². The Bertz CT molecular complexity index is 968. The molecular weight excluding hydrogens is 388 g/mol. The van der Waals surface area contributed by atoms with Crippen LogP contribution in [-0.2, 0) is 10.0 Å². The van der Waals surface area contributed by atoms with E-state index in [9.17, 15) is 13.2 Å². The molecule has 6 nitrogen and oxygen atoms in total. The van der Waals surface area contributed by atoms with Crippen molar-refractivity contribution in [3.63, 3.8) is 0 Å². The van der Waals surface area contributed by atoms with Crippen LogP contribution in [-0.4, -0.2) is 50.8 Å². The van der Waals surface area contributed by atoms with E-state index in [2.05, 4.69) is 0 Å². The number of carbonyl (C=O) groups is 1. The molecule has 0 saturated carbocycles. The van der Waals surface area contributed by atoms with E-state index in [-0.39, 0.29) is 16.8 Å². The monoisotopic (exact) mass is 416 g/mol. The molecule has 0 spiro atoms. The minimum Gasteiger partial charge on any atom is -0.496 e. The molecule has 2 aromatic carbocycles. The van der Waals surface area contributed by atoms with Crippen LogP contribution in [0.1, 0.15) is 48.1 Å². The topological polar surface area (TPSA) is 66.9 Å². The van der Waals surface area contributed by atoms with Crippen LogP contribution >= 0.6 is 0 Å². The zero-order valence-corrected chi connectivity index (χ0v) is 18.0. The number of piperidine rings is 1. The number of amides is 1. The van der Waals surface area contributed by atoms with Gasteiger partial charge in [-0.25, -0.2) is 8.42 Å². The van der Waals surface area contributed by atoms with Crippen LogP contribution in [0.5, 0.6) is 5.75 Å². The maximum atomic E-state index is 13.1. The third-order valence-corrected chi connectivity index (χ3v) is 7.42. The zero-order valence-electron chi connectivity index (χ0n) is 17.2. The van der Waals surface area contributed by atoms with E-state index >= 15 is 0 Å². The van der Waals surface area contributed by atoms with Gasteiger partial charge in [0.15, 0.2) is 0 Å². The first-order valence-electron chi connectivity index (χ1n) is 9.86. The van der Waals surface area contributed by atoms with Crippen LogP contribution in [0.4, 0.5) is 0 Å². The normalized spacial score (nSPS) is 16.2. The summed E-state index contributed by atoms with van der Waals surface area (Å²) in [4.78, 5) is 14.9. The quantitative estimate of drug-likeness (QED) is 0.720. The van der Waals surface area contributed by atoms with Crippen LogP contribution in [0.3, 0.4) is 0 Å². The van der Waals surface area contributed by atoms with Gasteiger partial charge in [-0.1, -0.05) is 30.7 Å². The summed E-state index contributed by atoms with van der Waals surface area (Å²) in [5.74, 6) is 0.472. The first kappa shape index (κ1) is 21.3. The highest BCUT2D eigenvalue weighted by Crippen LogP contribution is 2.29. The van der Waals surface area contributed by atoms with Crippen molar-refractivity contribution in [2.75, 3.05) is 27.2 Å². The van der Waals surface area contributed by atoms with E-state index in [0.717, 1.165) is 24.8 Å². The van der Waals surface area contributed by atoms with Gasteiger partial charge in [0.05, 0.1) is 18.0 Å². The predicted molar refractivity (Wildman–Crippen MR) is 113 cm³/mol. The Morgan fingerprint density at radius 2 is 1.76 bits per heavy atom. The van der Waals surface area contributed by atoms with E-state index in [1.54, 1.807) is 37.3 Å². The summed E-state index contributed by atoms with van der Waals surface area (Å²) in [6.07, 6.45) is 2.80.